The van der Waals surface area contributed by atoms with Gasteiger partial charge in [0.15, 0.2) is 0 Å². The Morgan fingerprint density at radius 1 is 1.69 bits per heavy atom. The van der Waals surface area contributed by atoms with Gasteiger partial charge in [0.2, 0.25) is 0 Å². The van der Waals surface area contributed by atoms with Crippen LogP contribution in [0.15, 0.2) is 6.33 Å². The second-order valence-corrected chi connectivity index (χ2v) is 2.98. The number of hydrogen-bond donors (Lipinski definition) is 1. The molecule has 0 bridgehead atoms. The van der Waals surface area contributed by atoms with E-state index in [4.69, 9.17) is 4.74 Å². The zero-order chi connectivity index (χ0) is 9.68. The van der Waals surface area contributed by atoms with Gasteiger partial charge in [0, 0.05) is 20.7 Å². The zero-order valence-corrected chi connectivity index (χ0v) is 8.32. The number of nitrogens with zero attached hydrogens (tertiary/aromatic N) is 3. The second kappa shape index (κ2) is 4.94. The number of nitrogens with one attached hydrogen (secondary N) is 1. The molecule has 0 amide bonds. The monoisotopic (exact) mass is 184 g/mol. The minimum atomic E-state index is 0.230. The standard InChI is InChI=1S/C8H16N4O/c1-7(13-3)4-9-5-8-10-6-11-12(8)2/h6-7,9H,4-5H2,1-3H3. The van der Waals surface area contributed by atoms with Crippen LogP contribution < -0.4 is 5.32 Å². The number of aromatic nitrogens is 3. The largest absolute Gasteiger partial charge is 0.380 e. The maximum absolute atomic E-state index is 5.09. The molecule has 0 aromatic carbocycles. The van der Waals surface area contributed by atoms with Gasteiger partial charge < -0.3 is 10.1 Å². The fraction of sp³-hybridized carbons (Fsp3) is 0.750. The second-order valence-electron chi connectivity index (χ2n) is 2.98. The van der Waals surface area contributed by atoms with E-state index in [1.54, 1.807) is 18.1 Å². The third-order valence-electron chi connectivity index (χ3n) is 1.92. The van der Waals surface area contributed by atoms with Crippen LogP contribution in [0.1, 0.15) is 12.7 Å². The van der Waals surface area contributed by atoms with Gasteiger partial charge in [-0.1, -0.05) is 0 Å². The Kier molecular flexibility index (Phi) is 3.85. The molecule has 1 atom stereocenters. The Morgan fingerprint density at radius 3 is 3.00 bits per heavy atom. The molecule has 1 aromatic rings. The van der Waals surface area contributed by atoms with Crippen molar-refractivity contribution >= 4 is 0 Å². The van der Waals surface area contributed by atoms with Crippen LogP contribution >= 0.6 is 0 Å². The van der Waals surface area contributed by atoms with E-state index in [1.807, 2.05) is 14.0 Å². The molecule has 1 aromatic heterocycles. The van der Waals surface area contributed by atoms with E-state index < -0.39 is 0 Å². The molecule has 1 unspecified atom stereocenters. The predicted octanol–water partition coefficient (Wildman–Crippen LogP) is -0.0604. The van der Waals surface area contributed by atoms with Crippen molar-refractivity contribution in [3.05, 3.63) is 12.2 Å². The summed E-state index contributed by atoms with van der Waals surface area (Å²) in [6.45, 7) is 3.57. The maximum Gasteiger partial charge on any atom is 0.140 e. The summed E-state index contributed by atoms with van der Waals surface area (Å²) in [6.07, 6.45) is 1.78. The minimum absolute atomic E-state index is 0.230. The minimum Gasteiger partial charge on any atom is -0.380 e. The summed E-state index contributed by atoms with van der Waals surface area (Å²) < 4.78 is 6.85. The Bertz CT molecular complexity index is 248. The maximum atomic E-state index is 5.09. The fourth-order valence-electron chi connectivity index (χ4n) is 0.951. The first-order chi connectivity index (χ1) is 6.24. The van der Waals surface area contributed by atoms with E-state index in [1.165, 1.54) is 0 Å². The van der Waals surface area contributed by atoms with E-state index in [0.717, 1.165) is 18.9 Å². The molecule has 0 aliphatic heterocycles. The van der Waals surface area contributed by atoms with Crippen molar-refractivity contribution in [2.75, 3.05) is 13.7 Å². The molecule has 74 valence electrons. The van der Waals surface area contributed by atoms with Crippen LogP contribution in [0, 0.1) is 0 Å². The molecule has 5 heteroatoms. The van der Waals surface area contributed by atoms with Gasteiger partial charge in [-0.2, -0.15) is 5.10 Å². The highest BCUT2D eigenvalue weighted by Crippen LogP contribution is 1.90. The van der Waals surface area contributed by atoms with Gasteiger partial charge >= 0.3 is 0 Å². The van der Waals surface area contributed by atoms with E-state index in [0.29, 0.717) is 0 Å². The number of methoxy groups -OCH3 is 1. The highest BCUT2D eigenvalue weighted by molar-refractivity contribution is 4.82. The molecule has 0 fully saturated rings. The Labute approximate surface area is 78.1 Å². The van der Waals surface area contributed by atoms with Crippen molar-refractivity contribution < 1.29 is 4.74 Å². The molecule has 0 saturated carbocycles. The van der Waals surface area contributed by atoms with Gasteiger partial charge in [-0.25, -0.2) is 4.98 Å². The van der Waals surface area contributed by atoms with Gasteiger partial charge in [0.25, 0.3) is 0 Å². The SMILES string of the molecule is COC(C)CNCc1ncnn1C. The van der Waals surface area contributed by atoms with Crippen LogP contribution in [0.4, 0.5) is 0 Å². The average Bonchev–Trinajstić information content (AvgIpc) is 2.52. The van der Waals surface area contributed by atoms with Crippen LogP contribution in [0.2, 0.25) is 0 Å². The van der Waals surface area contributed by atoms with Crippen LogP contribution in [-0.2, 0) is 18.3 Å². The lowest BCUT2D eigenvalue weighted by molar-refractivity contribution is 0.116. The lowest BCUT2D eigenvalue weighted by Crippen LogP contribution is -2.26. The molecule has 0 saturated heterocycles. The van der Waals surface area contributed by atoms with Crippen molar-refractivity contribution in [1.29, 1.82) is 0 Å². The van der Waals surface area contributed by atoms with Crippen molar-refractivity contribution in [1.82, 2.24) is 20.1 Å². The zero-order valence-electron chi connectivity index (χ0n) is 8.32. The summed E-state index contributed by atoms with van der Waals surface area (Å²) in [4.78, 5) is 4.09. The Balaban J connectivity index is 2.24. The molecular formula is C8H16N4O. The summed E-state index contributed by atoms with van der Waals surface area (Å²) in [6, 6.07) is 0. The highest BCUT2D eigenvalue weighted by Gasteiger charge is 2.01. The third kappa shape index (κ3) is 3.12. The molecule has 5 nitrogen and oxygen atoms in total. The molecule has 1 rings (SSSR count). The first kappa shape index (κ1) is 10.1. The summed E-state index contributed by atoms with van der Waals surface area (Å²) in [5, 5.41) is 7.20. The summed E-state index contributed by atoms with van der Waals surface area (Å²) in [5.41, 5.74) is 0. The molecule has 0 spiro atoms. The first-order valence-electron chi connectivity index (χ1n) is 4.30. The lowest BCUT2D eigenvalue weighted by atomic mass is 10.4. The normalized spacial score (nSPS) is 13.2. The molecule has 1 N–H and O–H groups in total. The van der Waals surface area contributed by atoms with Crippen molar-refractivity contribution in [2.45, 2.75) is 19.6 Å². The molecule has 13 heavy (non-hydrogen) atoms. The molecule has 0 radical (unpaired) electrons. The number of hydrogen-bond acceptors (Lipinski definition) is 4. The first-order valence-corrected chi connectivity index (χ1v) is 4.30. The topological polar surface area (TPSA) is 52.0 Å². The smallest absolute Gasteiger partial charge is 0.140 e. The van der Waals surface area contributed by atoms with E-state index in [-0.39, 0.29) is 6.10 Å². The van der Waals surface area contributed by atoms with Gasteiger partial charge in [0.05, 0.1) is 12.6 Å². The number of aryl methyl sites for hydroxylation is 1. The number of rotatable bonds is 5. The summed E-state index contributed by atoms with van der Waals surface area (Å²) in [7, 11) is 3.58. The summed E-state index contributed by atoms with van der Waals surface area (Å²) >= 11 is 0. The van der Waals surface area contributed by atoms with E-state index >= 15 is 0 Å². The van der Waals surface area contributed by atoms with Gasteiger partial charge in [-0.15, -0.1) is 0 Å². The number of ether oxygens (including phenoxy) is 1. The molecule has 0 aliphatic carbocycles. The van der Waals surface area contributed by atoms with Crippen molar-refractivity contribution in [3.63, 3.8) is 0 Å². The molecule has 0 aliphatic rings. The molecular weight excluding hydrogens is 168 g/mol. The van der Waals surface area contributed by atoms with Crippen molar-refractivity contribution in [3.8, 4) is 0 Å². The molecule has 1 heterocycles. The Morgan fingerprint density at radius 2 is 2.46 bits per heavy atom. The van der Waals surface area contributed by atoms with Crippen molar-refractivity contribution in [2.24, 2.45) is 7.05 Å². The third-order valence-corrected chi connectivity index (χ3v) is 1.92. The predicted molar refractivity (Wildman–Crippen MR) is 49.2 cm³/mol. The fourth-order valence-corrected chi connectivity index (χ4v) is 0.951. The van der Waals surface area contributed by atoms with Gasteiger partial charge in [-0.05, 0) is 6.92 Å². The van der Waals surface area contributed by atoms with Gasteiger partial charge in [-0.3, -0.25) is 4.68 Å². The highest BCUT2D eigenvalue weighted by atomic mass is 16.5. The van der Waals surface area contributed by atoms with E-state index in [2.05, 4.69) is 15.4 Å². The average molecular weight is 184 g/mol. The van der Waals surface area contributed by atoms with Crippen LogP contribution in [-0.4, -0.2) is 34.5 Å². The van der Waals surface area contributed by atoms with Crippen LogP contribution in [0.3, 0.4) is 0 Å². The van der Waals surface area contributed by atoms with E-state index in [9.17, 15) is 0 Å². The van der Waals surface area contributed by atoms with Crippen LogP contribution in [0.25, 0.3) is 0 Å². The van der Waals surface area contributed by atoms with Gasteiger partial charge in [0.1, 0.15) is 12.2 Å². The quantitative estimate of drug-likeness (QED) is 0.696. The Hall–Kier alpha value is -0.940. The summed E-state index contributed by atoms with van der Waals surface area (Å²) in [5.74, 6) is 0.934. The lowest BCUT2D eigenvalue weighted by Gasteiger charge is -2.09. The van der Waals surface area contributed by atoms with Crippen LogP contribution in [0.5, 0.6) is 0 Å².